The molecule has 0 aliphatic carbocycles. The van der Waals surface area contributed by atoms with Gasteiger partial charge in [0.25, 0.3) is 5.91 Å². The third-order valence-corrected chi connectivity index (χ3v) is 6.80. The van der Waals surface area contributed by atoms with Crippen molar-refractivity contribution in [3.8, 4) is 11.5 Å². The van der Waals surface area contributed by atoms with Crippen molar-refractivity contribution in [3.63, 3.8) is 0 Å². The second kappa shape index (κ2) is 15.2. The molecular formula is C32H47N3O3. The maximum Gasteiger partial charge on any atom is 0.258 e. The molecule has 1 saturated heterocycles. The summed E-state index contributed by atoms with van der Waals surface area (Å²) in [4.78, 5) is 17.5. The number of amides is 1. The van der Waals surface area contributed by atoms with Gasteiger partial charge in [0.15, 0.2) is 0 Å². The van der Waals surface area contributed by atoms with Crippen LogP contribution >= 0.6 is 0 Å². The van der Waals surface area contributed by atoms with Gasteiger partial charge in [0.1, 0.15) is 18.1 Å². The number of benzene rings is 2. The van der Waals surface area contributed by atoms with Crippen LogP contribution in [0.25, 0.3) is 5.57 Å². The van der Waals surface area contributed by atoms with Gasteiger partial charge in [-0.1, -0.05) is 53.8 Å². The number of aromatic hydroxyl groups is 1. The summed E-state index contributed by atoms with van der Waals surface area (Å²) in [6, 6.07) is 9.48. The van der Waals surface area contributed by atoms with Crippen LogP contribution in [-0.2, 0) is 19.5 Å². The molecule has 2 aromatic rings. The average molecular weight is 522 g/mol. The monoisotopic (exact) mass is 521 g/mol. The van der Waals surface area contributed by atoms with Crippen molar-refractivity contribution in [2.45, 2.75) is 67.0 Å². The first-order chi connectivity index (χ1) is 18.4. The van der Waals surface area contributed by atoms with E-state index in [4.69, 9.17) is 4.74 Å². The van der Waals surface area contributed by atoms with E-state index in [-0.39, 0.29) is 11.7 Å². The van der Waals surface area contributed by atoms with E-state index in [1.54, 1.807) is 17.0 Å². The zero-order valence-corrected chi connectivity index (χ0v) is 24.3. The molecule has 0 saturated carbocycles. The maximum absolute atomic E-state index is 13.5. The predicted octanol–water partition coefficient (Wildman–Crippen LogP) is 6.38. The second-order valence-corrected chi connectivity index (χ2v) is 9.04. The van der Waals surface area contributed by atoms with Crippen molar-refractivity contribution in [1.29, 1.82) is 0 Å². The lowest BCUT2D eigenvalue weighted by Crippen LogP contribution is -2.25. The molecule has 6 nitrogen and oxygen atoms in total. The highest BCUT2D eigenvalue weighted by Gasteiger charge is 2.28. The summed E-state index contributed by atoms with van der Waals surface area (Å²) in [5.74, 6) is 0.629. The minimum atomic E-state index is -0.185. The van der Waals surface area contributed by atoms with Crippen LogP contribution in [-0.4, -0.2) is 54.1 Å². The molecule has 0 unspecified atom stereocenters. The Morgan fingerprint density at radius 1 is 0.974 bits per heavy atom. The SMILES string of the molecule is C=C(C(=C)N1CCCC1)c1cc(C(=O)N2Cc3ccc(OCCNC)cc3C2)c(O)cc1CC.CC.CC. The highest BCUT2D eigenvalue weighted by molar-refractivity contribution is 5.98. The Hall–Kier alpha value is -3.25. The number of fused-ring (bicyclic) bond motifs is 1. The summed E-state index contributed by atoms with van der Waals surface area (Å²) in [6.45, 7) is 23.0. The van der Waals surface area contributed by atoms with Crippen molar-refractivity contribution in [1.82, 2.24) is 15.1 Å². The van der Waals surface area contributed by atoms with E-state index in [1.807, 2.05) is 59.9 Å². The first-order valence-corrected chi connectivity index (χ1v) is 14.1. The molecular weight excluding hydrogens is 474 g/mol. The van der Waals surface area contributed by atoms with Gasteiger partial charge in [0.05, 0.1) is 5.56 Å². The number of likely N-dealkylation sites (N-methyl/N-ethyl adjacent to an activating group) is 1. The first-order valence-electron chi connectivity index (χ1n) is 14.1. The van der Waals surface area contributed by atoms with Crippen LogP contribution in [0.15, 0.2) is 49.2 Å². The fourth-order valence-electron chi connectivity index (χ4n) is 4.76. The van der Waals surface area contributed by atoms with Crippen LogP contribution in [0.2, 0.25) is 0 Å². The number of carbonyl (C=O) groups excluding carboxylic acids is 1. The van der Waals surface area contributed by atoms with Crippen LogP contribution < -0.4 is 10.1 Å². The van der Waals surface area contributed by atoms with E-state index in [2.05, 4.69) is 23.4 Å². The standard InChI is InChI=1S/C28H35N3O3.2C2H6/c1-5-21-15-27(32)26(16-25(21)19(2)20(3)30-11-6-7-12-30)28(33)31-17-22-8-9-24(14-23(22)18-31)34-13-10-29-4;2*1-2/h8-9,14-16,29,32H,2-3,5-7,10-13,17-18H2,1,4H3;2*1-2H3. The van der Waals surface area contributed by atoms with E-state index in [0.29, 0.717) is 25.3 Å². The molecule has 4 rings (SSSR count). The van der Waals surface area contributed by atoms with Gasteiger partial charge >= 0.3 is 0 Å². The summed E-state index contributed by atoms with van der Waals surface area (Å²) in [5, 5.41) is 13.8. The zero-order chi connectivity index (χ0) is 28.2. The lowest BCUT2D eigenvalue weighted by atomic mass is 9.93. The van der Waals surface area contributed by atoms with Crippen LogP contribution in [0.5, 0.6) is 11.5 Å². The number of nitrogens with one attached hydrogen (secondary N) is 1. The normalized spacial score (nSPS) is 13.6. The molecule has 0 aromatic heterocycles. The highest BCUT2D eigenvalue weighted by Crippen LogP contribution is 2.35. The quantitative estimate of drug-likeness (QED) is 0.296. The number of hydrogen-bond donors (Lipinski definition) is 2. The number of nitrogens with zero attached hydrogens (tertiary/aromatic N) is 2. The molecule has 2 heterocycles. The number of carbonyl (C=O) groups is 1. The fourth-order valence-corrected chi connectivity index (χ4v) is 4.76. The number of hydrogen-bond acceptors (Lipinski definition) is 5. The van der Waals surface area contributed by atoms with Crippen LogP contribution in [0.1, 0.15) is 80.1 Å². The Balaban J connectivity index is 0.00000121. The van der Waals surface area contributed by atoms with Gasteiger partial charge in [-0.25, -0.2) is 0 Å². The van der Waals surface area contributed by atoms with Crippen molar-refractivity contribution in [2.24, 2.45) is 0 Å². The third-order valence-electron chi connectivity index (χ3n) is 6.80. The molecule has 0 radical (unpaired) electrons. The molecule has 2 aromatic carbocycles. The van der Waals surface area contributed by atoms with E-state index >= 15 is 0 Å². The Labute approximate surface area is 230 Å². The van der Waals surface area contributed by atoms with E-state index < -0.39 is 0 Å². The van der Waals surface area contributed by atoms with Gasteiger partial charge in [-0.2, -0.15) is 0 Å². The molecule has 2 N–H and O–H groups in total. The number of phenols is 1. The number of aryl methyl sites for hydroxylation is 1. The molecule has 38 heavy (non-hydrogen) atoms. The summed E-state index contributed by atoms with van der Waals surface area (Å²) in [7, 11) is 1.89. The lowest BCUT2D eigenvalue weighted by molar-refractivity contribution is 0.0748. The van der Waals surface area contributed by atoms with Gasteiger partial charge in [-0.3, -0.25) is 4.79 Å². The van der Waals surface area contributed by atoms with E-state index in [1.165, 1.54) is 0 Å². The molecule has 6 heteroatoms. The molecule has 1 fully saturated rings. The third kappa shape index (κ3) is 7.19. The Morgan fingerprint density at radius 3 is 2.26 bits per heavy atom. The Bertz CT molecular complexity index is 1100. The van der Waals surface area contributed by atoms with Gasteiger partial charge in [0, 0.05) is 38.4 Å². The summed E-state index contributed by atoms with van der Waals surface area (Å²) in [5.41, 5.74) is 6.06. The van der Waals surface area contributed by atoms with Gasteiger partial charge in [-0.15, -0.1) is 0 Å². The summed E-state index contributed by atoms with van der Waals surface area (Å²) < 4.78 is 5.78. The van der Waals surface area contributed by atoms with Crippen molar-refractivity contribution in [3.05, 3.63) is 77.0 Å². The van der Waals surface area contributed by atoms with Crippen molar-refractivity contribution in [2.75, 3.05) is 33.3 Å². The summed E-state index contributed by atoms with van der Waals surface area (Å²) >= 11 is 0. The second-order valence-electron chi connectivity index (χ2n) is 9.04. The predicted molar refractivity (Wildman–Crippen MR) is 159 cm³/mol. The lowest BCUT2D eigenvalue weighted by Gasteiger charge is -2.24. The van der Waals surface area contributed by atoms with E-state index in [9.17, 15) is 9.90 Å². The van der Waals surface area contributed by atoms with E-state index in [0.717, 1.165) is 78.2 Å². The van der Waals surface area contributed by atoms with Gasteiger partial charge in [-0.05, 0) is 78.4 Å². The largest absolute Gasteiger partial charge is 0.507 e. The van der Waals surface area contributed by atoms with Crippen molar-refractivity contribution < 1.29 is 14.6 Å². The van der Waals surface area contributed by atoms with Crippen LogP contribution in [0, 0.1) is 0 Å². The average Bonchev–Trinajstić information content (AvgIpc) is 3.64. The molecule has 0 bridgehead atoms. The maximum atomic E-state index is 13.5. The fraction of sp³-hybridized carbons (Fsp3) is 0.469. The molecule has 0 spiro atoms. The first kappa shape index (κ1) is 31.0. The molecule has 208 valence electrons. The number of likely N-dealkylation sites (tertiary alicyclic amines) is 1. The molecule has 1 amide bonds. The number of ether oxygens (including phenoxy) is 1. The van der Waals surface area contributed by atoms with Gasteiger partial charge < -0.3 is 25.0 Å². The van der Waals surface area contributed by atoms with Crippen LogP contribution in [0.3, 0.4) is 0 Å². The summed E-state index contributed by atoms with van der Waals surface area (Å²) in [6.07, 6.45) is 3.04. The highest BCUT2D eigenvalue weighted by atomic mass is 16.5. The van der Waals surface area contributed by atoms with Gasteiger partial charge in [0.2, 0.25) is 0 Å². The smallest absolute Gasteiger partial charge is 0.258 e. The minimum Gasteiger partial charge on any atom is -0.507 e. The Morgan fingerprint density at radius 2 is 1.63 bits per heavy atom. The molecule has 2 aliphatic heterocycles. The number of allylic oxidation sites excluding steroid dienone is 1. The number of phenolic OH excluding ortho intramolecular Hbond substituents is 1. The van der Waals surface area contributed by atoms with Crippen LogP contribution in [0.4, 0.5) is 0 Å². The topological polar surface area (TPSA) is 65.0 Å². The minimum absolute atomic E-state index is 0.0113. The van der Waals surface area contributed by atoms with Crippen molar-refractivity contribution >= 4 is 11.5 Å². The molecule has 2 aliphatic rings. The molecule has 0 atom stereocenters. The number of rotatable bonds is 9. The Kier molecular flexibility index (Phi) is 12.4. The zero-order valence-electron chi connectivity index (χ0n) is 24.3.